The van der Waals surface area contributed by atoms with Crippen molar-refractivity contribution in [2.75, 3.05) is 5.75 Å². The summed E-state index contributed by atoms with van der Waals surface area (Å²) in [6.07, 6.45) is 3.07. The fourth-order valence-corrected chi connectivity index (χ4v) is 3.33. The first-order valence-corrected chi connectivity index (χ1v) is 7.46. The molecular weight excluding hydrogens is 260 g/mol. The van der Waals surface area contributed by atoms with Gasteiger partial charge in [0, 0.05) is 12.2 Å². The molecule has 0 saturated carbocycles. The normalized spacial score (nSPS) is 10.5. The van der Waals surface area contributed by atoms with Crippen molar-refractivity contribution in [3.05, 3.63) is 28.7 Å². The molecule has 0 amide bonds. The van der Waals surface area contributed by atoms with Gasteiger partial charge in [-0.2, -0.15) is 4.37 Å². The van der Waals surface area contributed by atoms with Gasteiger partial charge in [0.05, 0.1) is 4.88 Å². The maximum absolute atomic E-state index is 11.6. The molecule has 0 aliphatic heterocycles. The summed E-state index contributed by atoms with van der Waals surface area (Å²) in [5, 5.41) is 1.93. The molecule has 0 aliphatic rings. The van der Waals surface area contributed by atoms with E-state index < -0.39 is 0 Å². The smallest absolute Gasteiger partial charge is 0.172 e. The Hall–Kier alpha value is -0.720. The Labute approximate surface area is 106 Å². The number of hydrogen-bond acceptors (Lipinski definition) is 6. The number of thiophene rings is 1. The van der Waals surface area contributed by atoms with Gasteiger partial charge in [-0.15, -0.1) is 11.3 Å². The van der Waals surface area contributed by atoms with Crippen LogP contribution >= 0.6 is 34.6 Å². The van der Waals surface area contributed by atoms with E-state index in [4.69, 9.17) is 0 Å². The Bertz CT molecular complexity index is 425. The summed E-state index contributed by atoms with van der Waals surface area (Å²) < 4.78 is 4.90. The minimum atomic E-state index is 0.243. The quantitative estimate of drug-likeness (QED) is 0.458. The van der Waals surface area contributed by atoms with E-state index in [2.05, 4.69) is 9.36 Å². The summed E-state index contributed by atoms with van der Waals surface area (Å²) in [7, 11) is 0. The standard InChI is InChI=1S/C10H10N2OS3/c13-8(9-4-2-5-14-9)3-1-6-15-10-11-7-12-16-10/h2,4-5,7H,1,3,6H2. The van der Waals surface area contributed by atoms with Crippen LogP contribution in [0.15, 0.2) is 28.2 Å². The molecule has 2 aromatic rings. The summed E-state index contributed by atoms with van der Waals surface area (Å²) in [5.74, 6) is 1.17. The molecule has 0 spiro atoms. The predicted octanol–water partition coefficient (Wildman–Crippen LogP) is 3.35. The third kappa shape index (κ3) is 3.40. The SMILES string of the molecule is O=C(CCCSc1ncns1)c1cccs1. The molecule has 0 N–H and O–H groups in total. The van der Waals surface area contributed by atoms with Crippen LogP contribution in [0.5, 0.6) is 0 Å². The number of nitrogens with zero attached hydrogens (tertiary/aromatic N) is 2. The lowest BCUT2D eigenvalue weighted by molar-refractivity contribution is 0.0986. The van der Waals surface area contributed by atoms with E-state index in [1.165, 1.54) is 22.9 Å². The van der Waals surface area contributed by atoms with Gasteiger partial charge in [0.2, 0.25) is 0 Å². The number of carbonyl (C=O) groups excluding carboxylic acids is 1. The maximum atomic E-state index is 11.6. The first kappa shape index (κ1) is 11.8. The lowest BCUT2D eigenvalue weighted by Crippen LogP contribution is -1.96. The molecule has 2 rings (SSSR count). The van der Waals surface area contributed by atoms with Crippen molar-refractivity contribution in [1.82, 2.24) is 9.36 Å². The van der Waals surface area contributed by atoms with Crippen molar-refractivity contribution < 1.29 is 4.79 Å². The Morgan fingerprint density at radius 2 is 2.44 bits per heavy atom. The Kier molecular flexibility index (Phi) is 4.50. The molecule has 0 radical (unpaired) electrons. The molecule has 84 valence electrons. The number of hydrogen-bond donors (Lipinski definition) is 0. The number of ketones is 1. The first-order chi connectivity index (χ1) is 7.86. The molecule has 2 heterocycles. The summed E-state index contributed by atoms with van der Waals surface area (Å²) in [6.45, 7) is 0. The summed E-state index contributed by atoms with van der Waals surface area (Å²) >= 11 is 4.57. The second kappa shape index (κ2) is 6.12. The minimum Gasteiger partial charge on any atom is -0.293 e. The zero-order chi connectivity index (χ0) is 11.2. The van der Waals surface area contributed by atoms with Crippen LogP contribution in [0.25, 0.3) is 0 Å². The monoisotopic (exact) mass is 270 g/mol. The van der Waals surface area contributed by atoms with E-state index in [0.717, 1.165) is 21.4 Å². The molecule has 3 nitrogen and oxygen atoms in total. The van der Waals surface area contributed by atoms with Gasteiger partial charge < -0.3 is 0 Å². The van der Waals surface area contributed by atoms with Crippen LogP contribution in [0.1, 0.15) is 22.5 Å². The highest BCUT2D eigenvalue weighted by atomic mass is 32.2. The van der Waals surface area contributed by atoms with E-state index in [0.29, 0.717) is 6.42 Å². The Balaban J connectivity index is 1.67. The second-order valence-corrected chi connectivity index (χ2v) is 6.13. The zero-order valence-electron chi connectivity index (χ0n) is 8.46. The molecule has 0 atom stereocenters. The van der Waals surface area contributed by atoms with Crippen molar-refractivity contribution in [2.45, 2.75) is 17.2 Å². The molecule has 2 aromatic heterocycles. The van der Waals surface area contributed by atoms with E-state index in [1.54, 1.807) is 18.1 Å². The number of thioether (sulfide) groups is 1. The largest absolute Gasteiger partial charge is 0.293 e. The molecule has 0 aromatic carbocycles. The van der Waals surface area contributed by atoms with Crippen molar-refractivity contribution in [1.29, 1.82) is 0 Å². The highest BCUT2D eigenvalue weighted by Gasteiger charge is 2.06. The number of Topliss-reactive ketones (excluding diaryl/α,β-unsaturated/α-hetero) is 1. The van der Waals surface area contributed by atoms with Gasteiger partial charge in [-0.3, -0.25) is 4.79 Å². The molecule has 0 saturated heterocycles. The highest BCUT2D eigenvalue weighted by Crippen LogP contribution is 2.20. The van der Waals surface area contributed by atoms with Crippen LogP contribution < -0.4 is 0 Å². The van der Waals surface area contributed by atoms with Crippen LogP contribution in [0.3, 0.4) is 0 Å². The van der Waals surface area contributed by atoms with Crippen LogP contribution in [0.2, 0.25) is 0 Å². The number of carbonyl (C=O) groups is 1. The third-order valence-electron chi connectivity index (χ3n) is 1.91. The van der Waals surface area contributed by atoms with Gasteiger partial charge in [0.25, 0.3) is 0 Å². The molecule has 0 aliphatic carbocycles. The van der Waals surface area contributed by atoms with Gasteiger partial charge >= 0.3 is 0 Å². The number of aromatic nitrogens is 2. The second-order valence-electron chi connectivity index (χ2n) is 3.06. The Morgan fingerprint density at radius 3 is 3.12 bits per heavy atom. The van der Waals surface area contributed by atoms with Crippen LogP contribution in [-0.4, -0.2) is 20.9 Å². The summed E-state index contributed by atoms with van der Waals surface area (Å²) in [5.41, 5.74) is 0. The van der Waals surface area contributed by atoms with Gasteiger partial charge in [0.1, 0.15) is 6.33 Å². The van der Waals surface area contributed by atoms with Crippen molar-refractivity contribution >= 4 is 40.4 Å². The van der Waals surface area contributed by atoms with E-state index >= 15 is 0 Å². The maximum Gasteiger partial charge on any atom is 0.172 e. The molecule has 0 unspecified atom stereocenters. The van der Waals surface area contributed by atoms with Gasteiger partial charge in [0.15, 0.2) is 10.1 Å². The zero-order valence-corrected chi connectivity index (χ0v) is 10.9. The average Bonchev–Trinajstić information content (AvgIpc) is 2.96. The fourth-order valence-electron chi connectivity index (χ4n) is 1.18. The van der Waals surface area contributed by atoms with E-state index in [9.17, 15) is 4.79 Å². The van der Waals surface area contributed by atoms with Crippen molar-refractivity contribution in [3.8, 4) is 0 Å². The average molecular weight is 270 g/mol. The predicted molar refractivity (Wildman–Crippen MR) is 68.5 cm³/mol. The number of rotatable bonds is 6. The molecular formula is C10H10N2OS3. The van der Waals surface area contributed by atoms with Crippen LogP contribution in [0, 0.1) is 0 Å². The van der Waals surface area contributed by atoms with Crippen LogP contribution in [0.4, 0.5) is 0 Å². The van der Waals surface area contributed by atoms with Crippen molar-refractivity contribution in [2.24, 2.45) is 0 Å². The van der Waals surface area contributed by atoms with E-state index in [-0.39, 0.29) is 5.78 Å². The lowest BCUT2D eigenvalue weighted by Gasteiger charge is -1.97. The van der Waals surface area contributed by atoms with Gasteiger partial charge in [-0.05, 0) is 29.4 Å². The summed E-state index contributed by atoms with van der Waals surface area (Å²) in [4.78, 5) is 16.6. The summed E-state index contributed by atoms with van der Waals surface area (Å²) in [6, 6.07) is 3.79. The highest BCUT2D eigenvalue weighted by molar-refractivity contribution is 8.00. The molecule has 16 heavy (non-hydrogen) atoms. The van der Waals surface area contributed by atoms with Gasteiger partial charge in [-0.1, -0.05) is 17.8 Å². The fraction of sp³-hybridized carbons (Fsp3) is 0.300. The topological polar surface area (TPSA) is 42.9 Å². The lowest BCUT2D eigenvalue weighted by atomic mass is 10.2. The minimum absolute atomic E-state index is 0.243. The van der Waals surface area contributed by atoms with Gasteiger partial charge in [-0.25, -0.2) is 4.98 Å². The first-order valence-electron chi connectivity index (χ1n) is 4.82. The third-order valence-corrected chi connectivity index (χ3v) is 4.71. The van der Waals surface area contributed by atoms with Crippen LogP contribution in [-0.2, 0) is 0 Å². The van der Waals surface area contributed by atoms with Crippen molar-refractivity contribution in [3.63, 3.8) is 0 Å². The molecule has 0 bridgehead atoms. The Morgan fingerprint density at radius 1 is 1.50 bits per heavy atom. The molecule has 0 fully saturated rings. The van der Waals surface area contributed by atoms with E-state index in [1.807, 2.05) is 17.5 Å². The molecule has 6 heteroatoms.